The van der Waals surface area contributed by atoms with Crippen LogP contribution in [0.5, 0.6) is 0 Å². The van der Waals surface area contributed by atoms with Gasteiger partial charge in [0, 0.05) is 25.7 Å². The highest BCUT2D eigenvalue weighted by atomic mass is 31.2. The smallest absolute Gasteiger partial charge is 0.462 e. The molecular formula is C73H142O17P2. The second-order valence-corrected chi connectivity index (χ2v) is 30.4. The lowest BCUT2D eigenvalue weighted by atomic mass is 9.99. The molecule has 0 spiro atoms. The van der Waals surface area contributed by atoms with Gasteiger partial charge < -0.3 is 33.8 Å². The Kier molecular flexibility index (Phi) is 62.4. The van der Waals surface area contributed by atoms with Crippen molar-refractivity contribution in [1.29, 1.82) is 0 Å². The number of carbonyl (C=O) groups excluding carboxylic acids is 4. The highest BCUT2D eigenvalue weighted by molar-refractivity contribution is 7.47. The summed E-state index contributed by atoms with van der Waals surface area (Å²) in [6, 6.07) is 0. The lowest BCUT2D eigenvalue weighted by Gasteiger charge is -2.21. The fraction of sp³-hybridized carbons (Fsp3) is 0.945. The summed E-state index contributed by atoms with van der Waals surface area (Å²) >= 11 is 0. The minimum atomic E-state index is -4.96. The molecule has 92 heavy (non-hydrogen) atoms. The normalized spacial score (nSPS) is 14.4. The molecule has 546 valence electrons. The van der Waals surface area contributed by atoms with E-state index < -0.39 is 97.5 Å². The molecule has 0 aliphatic carbocycles. The number of hydrogen-bond acceptors (Lipinski definition) is 15. The van der Waals surface area contributed by atoms with E-state index in [1.54, 1.807) is 0 Å². The molecule has 0 aromatic rings. The van der Waals surface area contributed by atoms with E-state index in [2.05, 4.69) is 48.5 Å². The number of rotatable bonds is 71. The first-order valence-electron chi connectivity index (χ1n) is 37.9. The number of aliphatic hydroxyl groups excluding tert-OH is 1. The van der Waals surface area contributed by atoms with Crippen LogP contribution in [0.15, 0.2) is 0 Å². The van der Waals surface area contributed by atoms with Gasteiger partial charge in [-0.15, -0.1) is 0 Å². The van der Waals surface area contributed by atoms with Gasteiger partial charge in [-0.05, 0) is 43.4 Å². The Morgan fingerprint density at radius 3 is 0.826 bits per heavy atom. The first-order chi connectivity index (χ1) is 44.3. The molecule has 3 N–H and O–H groups in total. The van der Waals surface area contributed by atoms with Crippen LogP contribution in [0.2, 0.25) is 0 Å². The molecule has 0 amide bonds. The second-order valence-electron chi connectivity index (χ2n) is 27.5. The van der Waals surface area contributed by atoms with Gasteiger partial charge in [0.05, 0.1) is 26.4 Å². The van der Waals surface area contributed by atoms with E-state index in [-0.39, 0.29) is 25.7 Å². The van der Waals surface area contributed by atoms with Crippen molar-refractivity contribution in [3.05, 3.63) is 0 Å². The van der Waals surface area contributed by atoms with Gasteiger partial charge in [-0.25, -0.2) is 9.13 Å². The van der Waals surface area contributed by atoms with Gasteiger partial charge in [0.2, 0.25) is 0 Å². The van der Waals surface area contributed by atoms with Gasteiger partial charge >= 0.3 is 39.5 Å². The molecule has 0 aliphatic rings. The van der Waals surface area contributed by atoms with E-state index in [9.17, 15) is 43.2 Å². The molecule has 0 saturated heterocycles. The molecule has 0 aromatic carbocycles. The number of esters is 4. The van der Waals surface area contributed by atoms with Crippen molar-refractivity contribution in [2.24, 2.45) is 17.8 Å². The van der Waals surface area contributed by atoms with Gasteiger partial charge in [-0.2, -0.15) is 0 Å². The molecule has 0 saturated carbocycles. The number of unbranched alkanes of at least 4 members (excludes halogenated alkanes) is 38. The summed E-state index contributed by atoms with van der Waals surface area (Å²) in [6.07, 6.45) is 48.6. The lowest BCUT2D eigenvalue weighted by Crippen LogP contribution is -2.30. The Labute approximate surface area is 562 Å². The SMILES string of the molecule is CCCCCCCCCCCCCC(=O)O[C@H](COC(=O)CCCCCCCCC(C)C)COP(=O)(O)OC[C@H](O)COP(=O)(O)OC[C@@H](COC(=O)CCCCCCCCCCCCCC(C)C)OC(=O)CCCCCCCCCCCCCCCCC(C)CC. The summed E-state index contributed by atoms with van der Waals surface area (Å²) < 4.78 is 68.4. The van der Waals surface area contributed by atoms with Crippen molar-refractivity contribution >= 4 is 39.5 Å². The van der Waals surface area contributed by atoms with Crippen molar-refractivity contribution in [2.45, 2.75) is 388 Å². The van der Waals surface area contributed by atoms with E-state index in [1.807, 2.05) is 0 Å². The largest absolute Gasteiger partial charge is 0.472 e. The number of phosphoric ester groups is 2. The third-order valence-electron chi connectivity index (χ3n) is 17.2. The zero-order valence-corrected chi connectivity index (χ0v) is 61.8. The van der Waals surface area contributed by atoms with Crippen LogP contribution in [0.1, 0.15) is 370 Å². The third-order valence-corrected chi connectivity index (χ3v) is 19.1. The predicted molar refractivity (Wildman–Crippen MR) is 372 cm³/mol. The summed E-state index contributed by atoms with van der Waals surface area (Å²) in [5.41, 5.74) is 0. The molecule has 3 unspecified atom stereocenters. The van der Waals surface area contributed by atoms with Crippen molar-refractivity contribution in [3.63, 3.8) is 0 Å². The van der Waals surface area contributed by atoms with Gasteiger partial charge in [-0.1, -0.05) is 318 Å². The van der Waals surface area contributed by atoms with E-state index in [0.29, 0.717) is 31.6 Å². The van der Waals surface area contributed by atoms with Crippen molar-refractivity contribution < 1.29 is 80.2 Å². The van der Waals surface area contributed by atoms with Crippen LogP contribution >= 0.6 is 15.6 Å². The molecule has 0 aliphatic heterocycles. The van der Waals surface area contributed by atoms with E-state index in [1.165, 1.54) is 173 Å². The zero-order chi connectivity index (χ0) is 68.0. The molecule has 0 bridgehead atoms. The van der Waals surface area contributed by atoms with Crippen LogP contribution in [0.3, 0.4) is 0 Å². The Morgan fingerprint density at radius 2 is 0.554 bits per heavy atom. The Morgan fingerprint density at radius 1 is 0.315 bits per heavy atom. The summed E-state index contributed by atoms with van der Waals surface area (Å²) in [5.74, 6) is 0.173. The minimum absolute atomic E-state index is 0.106. The summed E-state index contributed by atoms with van der Waals surface area (Å²) in [7, 11) is -9.90. The number of phosphoric acid groups is 2. The highest BCUT2D eigenvalue weighted by Crippen LogP contribution is 2.45. The highest BCUT2D eigenvalue weighted by Gasteiger charge is 2.30. The van der Waals surface area contributed by atoms with Gasteiger partial charge in [0.25, 0.3) is 0 Å². The van der Waals surface area contributed by atoms with Crippen molar-refractivity contribution in [2.75, 3.05) is 39.6 Å². The van der Waals surface area contributed by atoms with E-state index in [4.69, 9.17) is 37.0 Å². The molecule has 0 heterocycles. The quantitative estimate of drug-likeness (QED) is 0.0222. The number of carbonyl (C=O) groups is 4. The number of ether oxygens (including phenoxy) is 4. The van der Waals surface area contributed by atoms with E-state index in [0.717, 1.165) is 108 Å². The summed E-state index contributed by atoms with van der Waals surface area (Å²) in [6.45, 7) is 11.8. The number of aliphatic hydroxyl groups is 1. The predicted octanol–water partition coefficient (Wildman–Crippen LogP) is 21.0. The standard InChI is InChI=1S/C73H142O17P2/c1-8-10-11-12-13-14-20-28-33-42-49-56-72(77)90-69(61-84-71(76)55-48-41-36-35-38-45-52-65(5)6)63-88-92(81,82)86-59-67(74)58-85-91(79,80)87-62-68(60-83-70(75)54-47-40-32-27-24-19-21-25-30-37-44-51-64(3)4)89-73(78)57-50-43-34-29-23-18-16-15-17-22-26-31-39-46-53-66(7)9-2/h64-69,74H,8-63H2,1-7H3,(H,79,80)(H,81,82)/t66?,67-,68-,69-/m1/s1. The number of hydrogen-bond donors (Lipinski definition) is 3. The molecule has 6 atom stereocenters. The molecule has 0 radical (unpaired) electrons. The van der Waals surface area contributed by atoms with Crippen LogP contribution in [0, 0.1) is 17.8 Å². The van der Waals surface area contributed by atoms with Crippen molar-refractivity contribution in [3.8, 4) is 0 Å². The maximum absolute atomic E-state index is 13.1. The molecule has 0 aromatic heterocycles. The monoisotopic (exact) mass is 1350 g/mol. The van der Waals surface area contributed by atoms with Gasteiger partial charge in [0.1, 0.15) is 19.3 Å². The van der Waals surface area contributed by atoms with Crippen LogP contribution in [0.4, 0.5) is 0 Å². The first-order valence-corrected chi connectivity index (χ1v) is 40.9. The fourth-order valence-corrected chi connectivity index (χ4v) is 12.6. The second kappa shape index (κ2) is 63.8. The molecule has 19 heteroatoms. The van der Waals surface area contributed by atoms with Crippen LogP contribution in [-0.4, -0.2) is 96.7 Å². The first kappa shape index (κ1) is 90.1. The van der Waals surface area contributed by atoms with Crippen LogP contribution in [-0.2, 0) is 65.4 Å². The maximum atomic E-state index is 13.1. The topological polar surface area (TPSA) is 237 Å². The Balaban J connectivity index is 5.23. The molecule has 0 rings (SSSR count). The zero-order valence-electron chi connectivity index (χ0n) is 60.0. The summed E-state index contributed by atoms with van der Waals surface area (Å²) in [5, 5.41) is 10.6. The lowest BCUT2D eigenvalue weighted by molar-refractivity contribution is -0.161. The Hall–Kier alpha value is -1.94. The third kappa shape index (κ3) is 65.4. The minimum Gasteiger partial charge on any atom is -0.462 e. The average Bonchev–Trinajstić information content (AvgIpc) is 2.74. The van der Waals surface area contributed by atoms with Gasteiger partial charge in [0.15, 0.2) is 12.2 Å². The molecular weight excluding hydrogens is 1210 g/mol. The van der Waals surface area contributed by atoms with Crippen LogP contribution < -0.4 is 0 Å². The molecule has 0 fully saturated rings. The van der Waals surface area contributed by atoms with Gasteiger partial charge in [-0.3, -0.25) is 37.3 Å². The van der Waals surface area contributed by atoms with Crippen LogP contribution in [0.25, 0.3) is 0 Å². The summed E-state index contributed by atoms with van der Waals surface area (Å²) in [4.78, 5) is 72.6. The van der Waals surface area contributed by atoms with Crippen molar-refractivity contribution in [1.82, 2.24) is 0 Å². The fourth-order valence-electron chi connectivity index (χ4n) is 11.0. The maximum Gasteiger partial charge on any atom is 0.472 e. The molecule has 17 nitrogen and oxygen atoms in total. The van der Waals surface area contributed by atoms with E-state index >= 15 is 0 Å². The average molecular weight is 1350 g/mol. The Bertz CT molecular complexity index is 1800.